The Hall–Kier alpha value is 0.0564. The van der Waals surface area contributed by atoms with Gasteiger partial charge in [0.1, 0.15) is 0 Å². The zero-order chi connectivity index (χ0) is 17.5. The van der Waals surface area contributed by atoms with Crippen LogP contribution in [0.25, 0.3) is 0 Å². The van der Waals surface area contributed by atoms with Gasteiger partial charge >= 0.3 is 63.3 Å². The van der Waals surface area contributed by atoms with E-state index in [-0.39, 0.29) is 59.2 Å². The van der Waals surface area contributed by atoms with Gasteiger partial charge in [0, 0.05) is 0 Å². The minimum Gasteiger partial charge on any atom is -1.00 e. The molecule has 1 atom stereocenters. The molecule has 0 saturated heterocycles. The fourth-order valence-corrected chi connectivity index (χ4v) is 2.65. The zero-order valence-electron chi connectivity index (χ0n) is 16.4. The minimum atomic E-state index is -1.08. The van der Waals surface area contributed by atoms with E-state index in [1.807, 2.05) is 6.08 Å². The Morgan fingerprint density at radius 3 is 2.04 bits per heavy atom. The quantitative estimate of drug-likeness (QED) is 0.266. The average Bonchev–Trinajstić information content (AvgIpc) is 2.49. The van der Waals surface area contributed by atoms with Crippen molar-refractivity contribution >= 4 is 11.9 Å². The summed E-state index contributed by atoms with van der Waals surface area (Å²) in [5.41, 5.74) is 0.665. The van der Waals surface area contributed by atoms with Gasteiger partial charge in [0.05, 0.1) is 12.3 Å². The first-order valence-electron chi connectivity index (χ1n) is 8.77. The number of carboxylic acids is 2. The summed E-state index contributed by atoms with van der Waals surface area (Å²) in [6, 6.07) is 0. The minimum absolute atomic E-state index is 0. The SMILES string of the molecule is C=CCC(=CCCCCCCCCCC)C(CC(=O)O)C(=O)O.[H-].[K+]. The maximum absolute atomic E-state index is 11.3. The summed E-state index contributed by atoms with van der Waals surface area (Å²) in [5, 5.41) is 18.1. The largest absolute Gasteiger partial charge is 1.00 e. The van der Waals surface area contributed by atoms with Gasteiger partial charge in [-0.25, -0.2) is 0 Å². The van der Waals surface area contributed by atoms with Crippen LogP contribution in [0.15, 0.2) is 24.3 Å². The molecule has 0 saturated carbocycles. The predicted molar refractivity (Wildman–Crippen MR) is 94.6 cm³/mol. The van der Waals surface area contributed by atoms with Gasteiger partial charge in [-0.3, -0.25) is 9.59 Å². The van der Waals surface area contributed by atoms with E-state index in [9.17, 15) is 14.7 Å². The molecular formula is C19H33KO4. The molecule has 0 fully saturated rings. The second-order valence-corrected chi connectivity index (χ2v) is 6.02. The van der Waals surface area contributed by atoms with Crippen LogP contribution < -0.4 is 51.4 Å². The van der Waals surface area contributed by atoms with Gasteiger partial charge in [-0.15, -0.1) is 6.58 Å². The van der Waals surface area contributed by atoms with Crippen LogP contribution in [-0.2, 0) is 9.59 Å². The van der Waals surface area contributed by atoms with Crippen LogP contribution >= 0.6 is 0 Å². The fraction of sp³-hybridized carbons (Fsp3) is 0.684. The maximum atomic E-state index is 11.3. The fourth-order valence-electron chi connectivity index (χ4n) is 2.65. The van der Waals surface area contributed by atoms with E-state index in [1.165, 1.54) is 38.5 Å². The summed E-state index contributed by atoms with van der Waals surface area (Å²) in [6.07, 6.45) is 14.2. The second-order valence-electron chi connectivity index (χ2n) is 6.02. The third kappa shape index (κ3) is 14.4. The van der Waals surface area contributed by atoms with Gasteiger partial charge in [-0.1, -0.05) is 69.6 Å². The van der Waals surface area contributed by atoms with Crippen LogP contribution in [0, 0.1) is 5.92 Å². The number of carbonyl (C=O) groups is 2. The summed E-state index contributed by atoms with van der Waals surface area (Å²) in [4.78, 5) is 22.1. The molecule has 0 bridgehead atoms. The van der Waals surface area contributed by atoms with Crippen molar-refractivity contribution in [1.29, 1.82) is 0 Å². The van der Waals surface area contributed by atoms with E-state index in [0.717, 1.165) is 19.3 Å². The molecule has 24 heavy (non-hydrogen) atoms. The van der Waals surface area contributed by atoms with Crippen LogP contribution in [0.4, 0.5) is 0 Å². The average molecular weight is 365 g/mol. The Bertz CT molecular complexity index is 397. The molecule has 0 spiro atoms. The summed E-state index contributed by atoms with van der Waals surface area (Å²) in [5.74, 6) is -3.10. The van der Waals surface area contributed by atoms with Crippen molar-refractivity contribution < 1.29 is 72.6 Å². The first-order valence-corrected chi connectivity index (χ1v) is 8.77. The van der Waals surface area contributed by atoms with Gasteiger partial charge in [0.15, 0.2) is 0 Å². The van der Waals surface area contributed by atoms with Crippen LogP contribution in [0.3, 0.4) is 0 Å². The van der Waals surface area contributed by atoms with Crippen molar-refractivity contribution in [3.63, 3.8) is 0 Å². The van der Waals surface area contributed by atoms with Crippen LogP contribution in [0.5, 0.6) is 0 Å². The normalized spacial score (nSPS) is 12.3. The number of hydrogen-bond acceptors (Lipinski definition) is 2. The van der Waals surface area contributed by atoms with Crippen molar-refractivity contribution in [3.8, 4) is 0 Å². The molecule has 0 radical (unpaired) electrons. The van der Waals surface area contributed by atoms with Crippen LogP contribution in [0.2, 0.25) is 0 Å². The molecule has 134 valence electrons. The Balaban J connectivity index is -0.00000242. The second kappa shape index (κ2) is 17.9. The molecule has 0 amide bonds. The van der Waals surface area contributed by atoms with E-state index < -0.39 is 17.9 Å². The third-order valence-corrected chi connectivity index (χ3v) is 3.97. The number of unbranched alkanes of at least 4 members (excludes halogenated alkanes) is 8. The molecule has 5 heteroatoms. The maximum Gasteiger partial charge on any atom is 1.00 e. The standard InChI is InChI=1S/C19H32O4.K.H/c1-3-5-6-7-8-9-10-11-12-14-16(13-4-2)17(19(22)23)15-18(20)21;;/h4,14,17H,2-3,5-13,15H2,1H3,(H,20,21)(H,22,23);;/q;+1;-1. The van der Waals surface area contributed by atoms with E-state index in [4.69, 9.17) is 5.11 Å². The summed E-state index contributed by atoms with van der Waals surface area (Å²) < 4.78 is 0. The van der Waals surface area contributed by atoms with Gasteiger partial charge in [-0.05, 0) is 19.3 Å². The molecule has 1 unspecified atom stereocenters. The summed E-state index contributed by atoms with van der Waals surface area (Å²) in [6.45, 7) is 5.84. The van der Waals surface area contributed by atoms with Gasteiger partial charge < -0.3 is 11.6 Å². The van der Waals surface area contributed by atoms with E-state index in [1.54, 1.807) is 6.08 Å². The molecule has 0 heterocycles. The van der Waals surface area contributed by atoms with E-state index in [2.05, 4.69) is 13.5 Å². The Kier molecular flexibility index (Phi) is 19.6. The van der Waals surface area contributed by atoms with Gasteiger partial charge in [0.25, 0.3) is 0 Å². The molecule has 0 aromatic heterocycles. The number of aliphatic carboxylic acids is 2. The first-order chi connectivity index (χ1) is 11.0. The monoisotopic (exact) mass is 364 g/mol. The molecule has 0 aliphatic rings. The van der Waals surface area contributed by atoms with Crippen molar-refractivity contribution in [1.82, 2.24) is 0 Å². The van der Waals surface area contributed by atoms with Crippen molar-refractivity contribution in [3.05, 3.63) is 24.3 Å². The molecule has 0 aliphatic heterocycles. The number of carboxylic acid groups (broad SMARTS) is 2. The number of hydrogen-bond donors (Lipinski definition) is 2. The summed E-state index contributed by atoms with van der Waals surface area (Å²) in [7, 11) is 0. The molecule has 0 rings (SSSR count). The third-order valence-electron chi connectivity index (χ3n) is 3.97. The number of allylic oxidation sites excluding steroid dienone is 2. The molecule has 0 aromatic rings. The van der Waals surface area contributed by atoms with Crippen molar-refractivity contribution in [2.24, 2.45) is 5.92 Å². The first kappa shape index (κ1) is 26.3. The van der Waals surface area contributed by atoms with E-state index in [0.29, 0.717) is 12.0 Å². The van der Waals surface area contributed by atoms with Gasteiger partial charge in [-0.2, -0.15) is 0 Å². The number of rotatable bonds is 15. The van der Waals surface area contributed by atoms with Crippen LogP contribution in [0.1, 0.15) is 79.0 Å². The van der Waals surface area contributed by atoms with Crippen molar-refractivity contribution in [2.45, 2.75) is 77.6 Å². The Morgan fingerprint density at radius 1 is 1.04 bits per heavy atom. The van der Waals surface area contributed by atoms with Gasteiger partial charge in [0.2, 0.25) is 0 Å². The molecule has 4 nitrogen and oxygen atoms in total. The summed E-state index contributed by atoms with van der Waals surface area (Å²) >= 11 is 0. The van der Waals surface area contributed by atoms with Crippen LogP contribution in [-0.4, -0.2) is 22.2 Å². The molecule has 0 aromatic carbocycles. The molecule has 2 N–H and O–H groups in total. The Labute approximate surface area is 190 Å². The smallest absolute Gasteiger partial charge is 1.00 e. The van der Waals surface area contributed by atoms with Crippen molar-refractivity contribution in [2.75, 3.05) is 0 Å². The topological polar surface area (TPSA) is 74.6 Å². The zero-order valence-corrected chi connectivity index (χ0v) is 18.6. The Morgan fingerprint density at radius 2 is 1.58 bits per heavy atom. The molecular weight excluding hydrogens is 331 g/mol. The van der Waals surface area contributed by atoms with E-state index >= 15 is 0 Å². The predicted octanol–water partition coefficient (Wildman–Crippen LogP) is 2.31. The molecule has 0 aliphatic carbocycles.